The summed E-state index contributed by atoms with van der Waals surface area (Å²) in [6.07, 6.45) is -4.90. The summed E-state index contributed by atoms with van der Waals surface area (Å²) in [5.41, 5.74) is 4.44. The van der Waals surface area contributed by atoms with Crippen LogP contribution >= 0.6 is 0 Å². The number of nitrogens with zero attached hydrogens (tertiary/aromatic N) is 1. The van der Waals surface area contributed by atoms with E-state index in [2.05, 4.69) is 0 Å². The van der Waals surface area contributed by atoms with E-state index in [1.165, 1.54) is 4.90 Å². The maximum absolute atomic E-state index is 13.9. The Hall–Kier alpha value is -2.16. The van der Waals surface area contributed by atoms with Gasteiger partial charge in [-0.2, -0.15) is 22.0 Å². The standard InChI is InChI=1S/C18H19F5N2O2/c1-16(2)12(9-24)15(25-7-3-4-14(25)26)11-8-10(5-6-13(11)27-16)17(19,20)18(21,22)23/h5-6,8H,3-4,7,9,24H2,1-2H3. The second-order valence-electron chi connectivity index (χ2n) is 7.08. The van der Waals surface area contributed by atoms with Crippen molar-refractivity contribution in [3.63, 3.8) is 0 Å². The van der Waals surface area contributed by atoms with Gasteiger partial charge in [-0.25, -0.2) is 0 Å². The largest absolute Gasteiger partial charge is 0.483 e. The zero-order valence-corrected chi connectivity index (χ0v) is 14.8. The highest BCUT2D eigenvalue weighted by atomic mass is 19.4. The average Bonchev–Trinajstić information content (AvgIpc) is 2.96. The van der Waals surface area contributed by atoms with Crippen LogP contribution in [-0.4, -0.2) is 35.7 Å². The number of nitrogens with two attached hydrogens (primary N) is 1. The van der Waals surface area contributed by atoms with Crippen molar-refractivity contribution >= 4 is 11.6 Å². The van der Waals surface area contributed by atoms with Gasteiger partial charge in [0.2, 0.25) is 5.91 Å². The van der Waals surface area contributed by atoms with Gasteiger partial charge >= 0.3 is 12.1 Å². The molecule has 1 fully saturated rings. The predicted molar refractivity (Wildman–Crippen MR) is 88.0 cm³/mol. The lowest BCUT2D eigenvalue weighted by Crippen LogP contribution is -2.42. The molecule has 0 unspecified atom stereocenters. The van der Waals surface area contributed by atoms with Crippen molar-refractivity contribution in [2.45, 2.75) is 44.4 Å². The van der Waals surface area contributed by atoms with E-state index in [0.29, 0.717) is 24.6 Å². The van der Waals surface area contributed by atoms with Gasteiger partial charge in [-0.15, -0.1) is 0 Å². The SMILES string of the molecule is CC1(C)Oc2ccc(C(F)(F)C(F)(F)F)cc2C(N2CCCC2=O)=C1CN. The van der Waals surface area contributed by atoms with Crippen LogP contribution in [0.25, 0.3) is 5.70 Å². The number of likely N-dealkylation sites (tertiary alicyclic amines) is 1. The van der Waals surface area contributed by atoms with Crippen molar-refractivity contribution in [2.75, 3.05) is 13.1 Å². The van der Waals surface area contributed by atoms with E-state index >= 15 is 0 Å². The molecule has 4 nitrogen and oxygen atoms in total. The van der Waals surface area contributed by atoms with Crippen LogP contribution in [-0.2, 0) is 10.7 Å². The van der Waals surface area contributed by atoms with Gasteiger partial charge in [0.05, 0.1) is 5.70 Å². The number of hydrogen-bond donors (Lipinski definition) is 1. The fourth-order valence-corrected chi connectivity index (χ4v) is 3.48. The lowest BCUT2D eigenvalue weighted by molar-refractivity contribution is -0.289. The lowest BCUT2D eigenvalue weighted by atomic mass is 9.87. The molecule has 2 N–H and O–H groups in total. The number of hydrogen-bond acceptors (Lipinski definition) is 3. The Morgan fingerprint density at radius 2 is 1.89 bits per heavy atom. The van der Waals surface area contributed by atoms with E-state index in [0.717, 1.165) is 12.1 Å². The molecule has 1 saturated heterocycles. The van der Waals surface area contributed by atoms with Gasteiger partial charge in [0.1, 0.15) is 11.4 Å². The lowest BCUT2D eigenvalue weighted by Gasteiger charge is -2.39. The summed E-state index contributed by atoms with van der Waals surface area (Å²) < 4.78 is 71.9. The molecular weight excluding hydrogens is 371 g/mol. The zero-order chi connectivity index (χ0) is 20.2. The Labute approximate surface area is 152 Å². The van der Waals surface area contributed by atoms with E-state index in [-0.39, 0.29) is 35.9 Å². The molecule has 3 rings (SSSR count). The molecule has 0 bridgehead atoms. The van der Waals surface area contributed by atoms with Crippen molar-refractivity contribution in [3.05, 3.63) is 34.9 Å². The van der Waals surface area contributed by atoms with Crippen LogP contribution in [0.5, 0.6) is 5.75 Å². The van der Waals surface area contributed by atoms with Crippen molar-refractivity contribution in [2.24, 2.45) is 5.73 Å². The summed E-state index contributed by atoms with van der Waals surface area (Å²) in [7, 11) is 0. The van der Waals surface area contributed by atoms with E-state index < -0.39 is 23.3 Å². The molecule has 0 aromatic heterocycles. The first-order chi connectivity index (χ1) is 12.4. The predicted octanol–water partition coefficient (Wildman–Crippen LogP) is 3.80. The molecule has 9 heteroatoms. The topological polar surface area (TPSA) is 55.6 Å². The fraction of sp³-hybridized carbons (Fsp3) is 0.500. The van der Waals surface area contributed by atoms with Crippen molar-refractivity contribution in [1.29, 1.82) is 0 Å². The van der Waals surface area contributed by atoms with Crippen LogP contribution in [0.4, 0.5) is 22.0 Å². The number of rotatable bonds is 3. The van der Waals surface area contributed by atoms with Gasteiger partial charge in [-0.05, 0) is 38.5 Å². The van der Waals surface area contributed by atoms with E-state index in [1.807, 2.05) is 0 Å². The molecule has 27 heavy (non-hydrogen) atoms. The number of amides is 1. The van der Waals surface area contributed by atoms with Gasteiger partial charge in [0.25, 0.3) is 0 Å². The smallest absolute Gasteiger partial charge is 0.458 e. The van der Waals surface area contributed by atoms with Crippen LogP contribution < -0.4 is 10.5 Å². The van der Waals surface area contributed by atoms with Crippen LogP contribution in [0.3, 0.4) is 0 Å². The van der Waals surface area contributed by atoms with E-state index in [9.17, 15) is 26.7 Å². The number of halogens is 5. The highest BCUT2D eigenvalue weighted by molar-refractivity contribution is 5.91. The normalized spacial score (nSPS) is 20.0. The van der Waals surface area contributed by atoms with Gasteiger partial charge in [0.15, 0.2) is 0 Å². The molecular formula is C18H19F5N2O2. The van der Waals surface area contributed by atoms with Crippen molar-refractivity contribution in [1.82, 2.24) is 4.90 Å². The van der Waals surface area contributed by atoms with Gasteiger partial charge in [0, 0.05) is 36.2 Å². The molecule has 2 aliphatic rings. The highest BCUT2D eigenvalue weighted by Crippen LogP contribution is 2.48. The summed E-state index contributed by atoms with van der Waals surface area (Å²) in [6, 6.07) is 2.52. The maximum Gasteiger partial charge on any atom is 0.458 e. The molecule has 2 heterocycles. The third-order valence-corrected chi connectivity index (χ3v) is 4.88. The number of alkyl halides is 5. The molecule has 0 aliphatic carbocycles. The molecule has 148 valence electrons. The number of carbonyl (C=O) groups is 1. The molecule has 1 aromatic rings. The first-order valence-corrected chi connectivity index (χ1v) is 8.42. The van der Waals surface area contributed by atoms with Crippen LogP contribution in [0, 0.1) is 0 Å². The molecule has 1 aromatic carbocycles. The first kappa shape index (κ1) is 19.6. The minimum Gasteiger partial charge on any atom is -0.483 e. The van der Waals surface area contributed by atoms with Crippen molar-refractivity contribution in [3.8, 4) is 5.75 Å². The van der Waals surface area contributed by atoms with Crippen LogP contribution in [0.2, 0.25) is 0 Å². The minimum absolute atomic E-state index is 0.0199. The molecule has 0 radical (unpaired) electrons. The summed E-state index contributed by atoms with van der Waals surface area (Å²) in [5.74, 6) is -5.13. The fourth-order valence-electron chi connectivity index (χ4n) is 3.48. The Morgan fingerprint density at radius 3 is 2.41 bits per heavy atom. The molecule has 2 aliphatic heterocycles. The second-order valence-corrected chi connectivity index (χ2v) is 7.08. The molecule has 0 spiro atoms. The summed E-state index contributed by atoms with van der Waals surface area (Å²) in [5, 5.41) is 0. The third-order valence-electron chi connectivity index (χ3n) is 4.88. The number of ether oxygens (including phenoxy) is 1. The highest BCUT2D eigenvalue weighted by Gasteiger charge is 2.59. The summed E-state index contributed by atoms with van der Waals surface area (Å²) in [6.45, 7) is 3.71. The Morgan fingerprint density at radius 1 is 1.22 bits per heavy atom. The number of fused-ring (bicyclic) bond motifs is 1. The Kier molecular flexibility index (Phi) is 4.49. The van der Waals surface area contributed by atoms with Gasteiger partial charge < -0.3 is 15.4 Å². The minimum atomic E-state index is -5.74. The summed E-state index contributed by atoms with van der Waals surface area (Å²) >= 11 is 0. The Balaban J connectivity index is 2.23. The van der Waals surface area contributed by atoms with Gasteiger partial charge in [-0.3, -0.25) is 4.79 Å². The number of benzene rings is 1. The first-order valence-electron chi connectivity index (χ1n) is 8.42. The van der Waals surface area contributed by atoms with Gasteiger partial charge in [-0.1, -0.05) is 0 Å². The van der Waals surface area contributed by atoms with E-state index in [4.69, 9.17) is 10.5 Å². The maximum atomic E-state index is 13.9. The zero-order valence-electron chi connectivity index (χ0n) is 14.8. The Bertz CT molecular complexity index is 814. The van der Waals surface area contributed by atoms with Crippen LogP contribution in [0.15, 0.2) is 23.8 Å². The average molecular weight is 390 g/mol. The molecule has 0 atom stereocenters. The molecule has 0 saturated carbocycles. The second kappa shape index (κ2) is 6.19. The van der Waals surface area contributed by atoms with Crippen molar-refractivity contribution < 1.29 is 31.5 Å². The van der Waals surface area contributed by atoms with Crippen LogP contribution in [0.1, 0.15) is 37.8 Å². The van der Waals surface area contributed by atoms with E-state index in [1.54, 1.807) is 13.8 Å². The summed E-state index contributed by atoms with van der Waals surface area (Å²) in [4.78, 5) is 13.7. The third kappa shape index (κ3) is 3.07. The number of carbonyl (C=O) groups excluding carboxylic acids is 1. The molecule has 1 amide bonds. The monoisotopic (exact) mass is 390 g/mol. The quantitative estimate of drug-likeness (QED) is 0.799.